The molecule has 17 heavy (non-hydrogen) atoms. The molecule has 2 atom stereocenters. The van der Waals surface area contributed by atoms with Crippen molar-refractivity contribution in [3.05, 3.63) is 0 Å². The van der Waals surface area contributed by atoms with Gasteiger partial charge in [0, 0.05) is 6.04 Å². The van der Waals surface area contributed by atoms with Crippen LogP contribution >= 0.6 is 0 Å². The molecular formula is C16H33N. The number of hydrogen-bond donors (Lipinski definition) is 1. The highest BCUT2D eigenvalue weighted by atomic mass is 14.6. The fraction of sp³-hybridized carbons (Fsp3) is 1.00. The highest BCUT2D eigenvalue weighted by Gasteiger charge is 2.23. The summed E-state index contributed by atoms with van der Waals surface area (Å²) in [5, 5.41) is 0. The molecule has 102 valence electrons. The third-order valence-electron chi connectivity index (χ3n) is 4.48. The van der Waals surface area contributed by atoms with Crippen LogP contribution in [-0.4, -0.2) is 6.04 Å². The van der Waals surface area contributed by atoms with Gasteiger partial charge < -0.3 is 5.73 Å². The van der Waals surface area contributed by atoms with Crippen LogP contribution in [0.4, 0.5) is 0 Å². The van der Waals surface area contributed by atoms with E-state index in [2.05, 4.69) is 20.8 Å². The molecule has 0 aliphatic heterocycles. The molecule has 0 bridgehead atoms. The van der Waals surface area contributed by atoms with Crippen LogP contribution in [0.25, 0.3) is 0 Å². The maximum atomic E-state index is 6.17. The van der Waals surface area contributed by atoms with E-state index in [1.807, 2.05) is 0 Å². The van der Waals surface area contributed by atoms with Gasteiger partial charge in [-0.15, -0.1) is 0 Å². The van der Waals surface area contributed by atoms with Crippen molar-refractivity contribution in [3.63, 3.8) is 0 Å². The van der Waals surface area contributed by atoms with E-state index in [1.54, 1.807) is 0 Å². The quantitative estimate of drug-likeness (QED) is 0.640. The van der Waals surface area contributed by atoms with E-state index in [4.69, 9.17) is 5.73 Å². The lowest BCUT2D eigenvalue weighted by Gasteiger charge is -2.31. The Bertz CT molecular complexity index is 192. The van der Waals surface area contributed by atoms with Gasteiger partial charge >= 0.3 is 0 Å². The SMILES string of the molecule is CC(C)(C)C1CCCCCCCC(N)CCC1. The summed E-state index contributed by atoms with van der Waals surface area (Å²) in [6.07, 6.45) is 13.7. The number of hydrogen-bond acceptors (Lipinski definition) is 1. The molecule has 1 heteroatoms. The molecular weight excluding hydrogens is 206 g/mol. The average molecular weight is 239 g/mol. The van der Waals surface area contributed by atoms with E-state index >= 15 is 0 Å². The summed E-state index contributed by atoms with van der Waals surface area (Å²) < 4.78 is 0. The van der Waals surface area contributed by atoms with Crippen LogP contribution in [0.15, 0.2) is 0 Å². The van der Waals surface area contributed by atoms with Gasteiger partial charge in [0.2, 0.25) is 0 Å². The Kier molecular flexibility index (Phi) is 6.54. The Morgan fingerprint density at radius 2 is 1.18 bits per heavy atom. The van der Waals surface area contributed by atoms with Crippen LogP contribution in [-0.2, 0) is 0 Å². The maximum absolute atomic E-state index is 6.17. The monoisotopic (exact) mass is 239 g/mol. The first-order chi connectivity index (χ1) is 8.00. The van der Waals surface area contributed by atoms with Crippen molar-refractivity contribution in [2.45, 2.75) is 91.0 Å². The molecule has 0 saturated heterocycles. The van der Waals surface area contributed by atoms with Gasteiger partial charge in [0.1, 0.15) is 0 Å². The molecule has 2 unspecified atom stereocenters. The highest BCUT2D eigenvalue weighted by molar-refractivity contribution is 4.75. The van der Waals surface area contributed by atoms with Gasteiger partial charge in [-0.05, 0) is 37.0 Å². The summed E-state index contributed by atoms with van der Waals surface area (Å²) in [5.74, 6) is 0.897. The van der Waals surface area contributed by atoms with E-state index in [1.165, 1.54) is 64.2 Å². The summed E-state index contributed by atoms with van der Waals surface area (Å²) >= 11 is 0. The van der Waals surface area contributed by atoms with Gasteiger partial charge in [-0.2, -0.15) is 0 Å². The van der Waals surface area contributed by atoms with E-state index in [0.29, 0.717) is 11.5 Å². The number of nitrogens with two attached hydrogens (primary N) is 1. The Morgan fingerprint density at radius 1 is 0.706 bits per heavy atom. The molecule has 0 radical (unpaired) electrons. The molecule has 0 heterocycles. The second kappa shape index (κ2) is 7.41. The highest BCUT2D eigenvalue weighted by Crippen LogP contribution is 2.34. The van der Waals surface area contributed by atoms with E-state index in [0.717, 1.165) is 5.92 Å². The van der Waals surface area contributed by atoms with E-state index < -0.39 is 0 Å². The summed E-state index contributed by atoms with van der Waals surface area (Å²) in [6.45, 7) is 7.22. The van der Waals surface area contributed by atoms with Crippen LogP contribution in [0.1, 0.15) is 85.0 Å². The molecule has 0 aromatic rings. The van der Waals surface area contributed by atoms with Crippen molar-refractivity contribution in [1.29, 1.82) is 0 Å². The minimum absolute atomic E-state index is 0.468. The summed E-state index contributed by atoms with van der Waals surface area (Å²) in [6, 6.07) is 0.468. The van der Waals surface area contributed by atoms with Crippen molar-refractivity contribution in [2.75, 3.05) is 0 Å². The fourth-order valence-corrected chi connectivity index (χ4v) is 3.11. The van der Waals surface area contributed by atoms with Crippen molar-refractivity contribution in [2.24, 2.45) is 17.1 Å². The zero-order valence-electron chi connectivity index (χ0n) is 12.3. The van der Waals surface area contributed by atoms with Gasteiger partial charge in [-0.1, -0.05) is 59.3 Å². The largest absolute Gasteiger partial charge is 0.328 e. The molecule has 1 saturated carbocycles. The van der Waals surface area contributed by atoms with Crippen LogP contribution in [0.5, 0.6) is 0 Å². The Morgan fingerprint density at radius 3 is 1.82 bits per heavy atom. The number of rotatable bonds is 0. The lowest BCUT2D eigenvalue weighted by Crippen LogP contribution is -2.23. The summed E-state index contributed by atoms with van der Waals surface area (Å²) in [7, 11) is 0. The molecule has 2 N–H and O–H groups in total. The normalized spacial score (nSPS) is 30.4. The predicted molar refractivity (Wildman–Crippen MR) is 77.1 cm³/mol. The zero-order valence-corrected chi connectivity index (χ0v) is 12.3. The van der Waals surface area contributed by atoms with Crippen molar-refractivity contribution >= 4 is 0 Å². The van der Waals surface area contributed by atoms with Crippen molar-refractivity contribution < 1.29 is 0 Å². The van der Waals surface area contributed by atoms with E-state index in [9.17, 15) is 0 Å². The van der Waals surface area contributed by atoms with Crippen molar-refractivity contribution in [1.82, 2.24) is 0 Å². The van der Waals surface area contributed by atoms with Gasteiger partial charge in [-0.3, -0.25) is 0 Å². The summed E-state index contributed by atoms with van der Waals surface area (Å²) in [5.41, 5.74) is 6.65. The third-order valence-corrected chi connectivity index (χ3v) is 4.48. The van der Waals surface area contributed by atoms with Crippen molar-refractivity contribution in [3.8, 4) is 0 Å². The fourth-order valence-electron chi connectivity index (χ4n) is 3.11. The van der Waals surface area contributed by atoms with Gasteiger partial charge in [-0.25, -0.2) is 0 Å². The first-order valence-electron chi connectivity index (χ1n) is 7.76. The second-order valence-electron chi connectivity index (χ2n) is 7.10. The van der Waals surface area contributed by atoms with Crippen LogP contribution < -0.4 is 5.73 Å². The lowest BCUT2D eigenvalue weighted by atomic mass is 9.74. The lowest BCUT2D eigenvalue weighted by molar-refractivity contribution is 0.198. The minimum Gasteiger partial charge on any atom is -0.328 e. The first kappa shape index (κ1) is 15.0. The van der Waals surface area contributed by atoms with Crippen LogP contribution in [0.2, 0.25) is 0 Å². The van der Waals surface area contributed by atoms with Crippen LogP contribution in [0, 0.1) is 11.3 Å². The summed E-state index contributed by atoms with van der Waals surface area (Å²) in [4.78, 5) is 0. The second-order valence-corrected chi connectivity index (χ2v) is 7.10. The molecule has 1 aliphatic rings. The Hall–Kier alpha value is -0.0400. The van der Waals surface area contributed by atoms with E-state index in [-0.39, 0.29) is 0 Å². The minimum atomic E-state index is 0.468. The van der Waals surface area contributed by atoms with Crippen LogP contribution in [0.3, 0.4) is 0 Å². The average Bonchev–Trinajstić information content (AvgIpc) is 2.21. The molecule has 0 aromatic carbocycles. The first-order valence-corrected chi connectivity index (χ1v) is 7.76. The smallest absolute Gasteiger partial charge is 0.00388 e. The standard InChI is InChI=1S/C16H33N/c1-16(2,3)14-10-7-5-4-6-8-12-15(17)13-9-11-14/h14-15H,4-13,17H2,1-3H3. The Labute approximate surface area is 109 Å². The predicted octanol–water partition coefficient (Wildman–Crippen LogP) is 4.89. The molecule has 1 aliphatic carbocycles. The zero-order chi connectivity index (χ0) is 12.7. The van der Waals surface area contributed by atoms with Gasteiger partial charge in [0.05, 0.1) is 0 Å². The van der Waals surface area contributed by atoms with Gasteiger partial charge in [0.15, 0.2) is 0 Å². The molecule has 1 fully saturated rings. The molecule has 1 rings (SSSR count). The molecule has 0 amide bonds. The van der Waals surface area contributed by atoms with Gasteiger partial charge in [0.25, 0.3) is 0 Å². The Balaban J connectivity index is 2.44. The molecule has 1 nitrogen and oxygen atoms in total. The third kappa shape index (κ3) is 6.45. The molecule has 0 aromatic heterocycles. The topological polar surface area (TPSA) is 26.0 Å². The molecule has 0 spiro atoms. The maximum Gasteiger partial charge on any atom is 0.00388 e.